The molecule has 0 heterocycles. The van der Waals surface area contributed by atoms with Gasteiger partial charge in [0.2, 0.25) is 0 Å². The van der Waals surface area contributed by atoms with Crippen LogP contribution in [0.1, 0.15) is 18.1 Å². The van der Waals surface area contributed by atoms with Gasteiger partial charge in [-0.05, 0) is 55.7 Å². The summed E-state index contributed by atoms with van der Waals surface area (Å²) >= 11 is 0. The highest BCUT2D eigenvalue weighted by atomic mass is 16.5. The van der Waals surface area contributed by atoms with Crippen molar-refractivity contribution in [2.45, 2.75) is 26.3 Å². The predicted molar refractivity (Wildman–Crippen MR) is 81.6 cm³/mol. The Morgan fingerprint density at radius 1 is 1.05 bits per heavy atom. The van der Waals surface area contributed by atoms with Gasteiger partial charge in [-0.2, -0.15) is 0 Å². The summed E-state index contributed by atoms with van der Waals surface area (Å²) in [7, 11) is 1.65. The van der Waals surface area contributed by atoms with Crippen LogP contribution in [0.3, 0.4) is 0 Å². The van der Waals surface area contributed by atoms with E-state index in [2.05, 4.69) is 0 Å². The number of hydrogen-bond acceptors (Lipinski definition) is 3. The number of methoxy groups -OCH3 is 1. The zero-order valence-corrected chi connectivity index (χ0v) is 12.2. The molecule has 2 rings (SSSR count). The first-order valence-electron chi connectivity index (χ1n) is 6.75. The number of benzene rings is 2. The highest BCUT2D eigenvalue weighted by molar-refractivity contribution is 5.45. The zero-order valence-electron chi connectivity index (χ0n) is 12.2. The van der Waals surface area contributed by atoms with Gasteiger partial charge in [0.15, 0.2) is 11.5 Å². The monoisotopic (exact) mass is 271 g/mol. The van der Waals surface area contributed by atoms with Gasteiger partial charge in [0.1, 0.15) is 5.75 Å². The maximum atomic E-state index is 5.86. The quantitative estimate of drug-likeness (QED) is 0.902. The molecule has 0 aliphatic rings. The number of rotatable bonds is 5. The molecule has 0 aromatic heterocycles. The Labute approximate surface area is 120 Å². The largest absolute Gasteiger partial charge is 0.493 e. The second kappa shape index (κ2) is 6.44. The van der Waals surface area contributed by atoms with E-state index in [1.165, 1.54) is 5.56 Å². The molecule has 3 nitrogen and oxygen atoms in total. The van der Waals surface area contributed by atoms with Crippen molar-refractivity contribution >= 4 is 0 Å². The van der Waals surface area contributed by atoms with Gasteiger partial charge in [0, 0.05) is 6.04 Å². The van der Waals surface area contributed by atoms with Crippen LogP contribution < -0.4 is 15.2 Å². The van der Waals surface area contributed by atoms with Crippen molar-refractivity contribution in [2.75, 3.05) is 7.11 Å². The van der Waals surface area contributed by atoms with E-state index in [-0.39, 0.29) is 6.04 Å². The van der Waals surface area contributed by atoms with Crippen LogP contribution in [-0.2, 0) is 6.42 Å². The summed E-state index contributed by atoms with van der Waals surface area (Å²) in [4.78, 5) is 0. The highest BCUT2D eigenvalue weighted by Gasteiger charge is 2.06. The summed E-state index contributed by atoms with van der Waals surface area (Å²) in [5.41, 5.74) is 8.14. The van der Waals surface area contributed by atoms with Gasteiger partial charge in [-0.15, -0.1) is 0 Å². The molecule has 0 bridgehead atoms. The molecule has 2 N–H and O–H groups in total. The molecule has 20 heavy (non-hydrogen) atoms. The van der Waals surface area contributed by atoms with Crippen molar-refractivity contribution in [3.8, 4) is 17.2 Å². The average Bonchev–Trinajstić information content (AvgIpc) is 2.42. The topological polar surface area (TPSA) is 44.5 Å². The summed E-state index contributed by atoms with van der Waals surface area (Å²) in [6.45, 7) is 4.02. The summed E-state index contributed by atoms with van der Waals surface area (Å²) in [6.07, 6.45) is 0.869. The van der Waals surface area contributed by atoms with Gasteiger partial charge >= 0.3 is 0 Å². The second-order valence-electron chi connectivity index (χ2n) is 5.08. The Morgan fingerprint density at radius 3 is 2.35 bits per heavy atom. The van der Waals surface area contributed by atoms with Crippen molar-refractivity contribution in [1.29, 1.82) is 0 Å². The lowest BCUT2D eigenvalue weighted by atomic mass is 10.1. The molecule has 2 aromatic carbocycles. The molecule has 0 spiro atoms. The van der Waals surface area contributed by atoms with Gasteiger partial charge in [0.25, 0.3) is 0 Å². The minimum atomic E-state index is 0.166. The number of hydrogen-bond donors (Lipinski definition) is 1. The fourth-order valence-corrected chi connectivity index (χ4v) is 2.05. The van der Waals surface area contributed by atoms with E-state index >= 15 is 0 Å². The van der Waals surface area contributed by atoms with E-state index in [9.17, 15) is 0 Å². The van der Waals surface area contributed by atoms with Crippen molar-refractivity contribution in [3.63, 3.8) is 0 Å². The molecule has 0 radical (unpaired) electrons. The number of nitrogens with two attached hydrogens (primary N) is 1. The van der Waals surface area contributed by atoms with Crippen LogP contribution in [0.5, 0.6) is 17.2 Å². The minimum absolute atomic E-state index is 0.166. The molecule has 0 aliphatic heterocycles. The first-order chi connectivity index (χ1) is 9.58. The molecule has 0 aliphatic carbocycles. The van der Waals surface area contributed by atoms with Crippen LogP contribution >= 0.6 is 0 Å². The van der Waals surface area contributed by atoms with E-state index in [0.717, 1.165) is 29.2 Å². The van der Waals surface area contributed by atoms with E-state index < -0.39 is 0 Å². The third-order valence-electron chi connectivity index (χ3n) is 3.03. The van der Waals surface area contributed by atoms with E-state index in [1.54, 1.807) is 7.11 Å². The van der Waals surface area contributed by atoms with Crippen LogP contribution in [0.25, 0.3) is 0 Å². The SMILES string of the molecule is COc1cc(C)ccc1Oc1ccc(CC(C)N)cc1. The van der Waals surface area contributed by atoms with Crippen molar-refractivity contribution in [2.24, 2.45) is 5.73 Å². The lowest BCUT2D eigenvalue weighted by Crippen LogP contribution is -2.17. The van der Waals surface area contributed by atoms with Crippen molar-refractivity contribution in [3.05, 3.63) is 53.6 Å². The highest BCUT2D eigenvalue weighted by Crippen LogP contribution is 2.32. The van der Waals surface area contributed by atoms with E-state index in [4.69, 9.17) is 15.2 Å². The predicted octanol–water partition coefficient (Wildman–Crippen LogP) is 3.69. The zero-order chi connectivity index (χ0) is 14.5. The molecular formula is C17H21NO2. The van der Waals surface area contributed by atoms with Crippen LogP contribution in [-0.4, -0.2) is 13.2 Å². The van der Waals surface area contributed by atoms with Gasteiger partial charge in [-0.1, -0.05) is 18.2 Å². The van der Waals surface area contributed by atoms with E-state index in [0.29, 0.717) is 0 Å². The Bertz CT molecular complexity index is 562. The van der Waals surface area contributed by atoms with Crippen LogP contribution in [0.2, 0.25) is 0 Å². The Kier molecular flexibility index (Phi) is 4.64. The molecule has 0 saturated carbocycles. The standard InChI is InChI=1S/C17H21NO2/c1-12-4-9-16(17(10-12)19-3)20-15-7-5-14(6-8-15)11-13(2)18/h4-10,13H,11,18H2,1-3H3. The lowest BCUT2D eigenvalue weighted by molar-refractivity contribution is 0.378. The minimum Gasteiger partial charge on any atom is -0.493 e. The summed E-state index contributed by atoms with van der Waals surface area (Å²) in [5, 5.41) is 0. The van der Waals surface area contributed by atoms with Gasteiger partial charge in [-0.25, -0.2) is 0 Å². The van der Waals surface area contributed by atoms with Gasteiger partial charge in [-0.3, -0.25) is 0 Å². The van der Waals surface area contributed by atoms with Crippen LogP contribution in [0.15, 0.2) is 42.5 Å². The fourth-order valence-electron chi connectivity index (χ4n) is 2.05. The van der Waals surface area contributed by atoms with Gasteiger partial charge < -0.3 is 15.2 Å². The molecule has 0 saturated heterocycles. The summed E-state index contributed by atoms with van der Waals surface area (Å²) in [5.74, 6) is 2.25. The smallest absolute Gasteiger partial charge is 0.169 e. The molecule has 0 fully saturated rings. The normalized spacial score (nSPS) is 12.0. The Hall–Kier alpha value is -2.00. The van der Waals surface area contributed by atoms with Crippen molar-refractivity contribution in [1.82, 2.24) is 0 Å². The third-order valence-corrected chi connectivity index (χ3v) is 3.03. The molecule has 106 valence electrons. The Balaban J connectivity index is 2.14. The molecule has 2 aromatic rings. The van der Waals surface area contributed by atoms with E-state index in [1.807, 2.05) is 56.3 Å². The molecular weight excluding hydrogens is 250 g/mol. The molecule has 0 amide bonds. The molecule has 1 atom stereocenters. The summed E-state index contributed by atoms with van der Waals surface area (Å²) in [6, 6.07) is 14.0. The first kappa shape index (κ1) is 14.4. The van der Waals surface area contributed by atoms with Crippen molar-refractivity contribution < 1.29 is 9.47 Å². The van der Waals surface area contributed by atoms with Crippen LogP contribution in [0, 0.1) is 6.92 Å². The fraction of sp³-hybridized carbons (Fsp3) is 0.294. The number of aryl methyl sites for hydroxylation is 1. The third kappa shape index (κ3) is 3.75. The maximum Gasteiger partial charge on any atom is 0.169 e. The first-order valence-corrected chi connectivity index (χ1v) is 6.75. The number of ether oxygens (including phenoxy) is 2. The average molecular weight is 271 g/mol. The van der Waals surface area contributed by atoms with Gasteiger partial charge in [0.05, 0.1) is 7.11 Å². The van der Waals surface area contributed by atoms with Crippen LogP contribution in [0.4, 0.5) is 0 Å². The molecule has 1 unspecified atom stereocenters. The maximum absolute atomic E-state index is 5.86. The lowest BCUT2D eigenvalue weighted by Gasteiger charge is -2.11. The Morgan fingerprint density at radius 2 is 1.75 bits per heavy atom. The molecule has 3 heteroatoms. The summed E-state index contributed by atoms with van der Waals surface area (Å²) < 4.78 is 11.2. The second-order valence-corrected chi connectivity index (χ2v) is 5.08.